The number of fused-ring (bicyclic) bond motifs is 1. The lowest BCUT2D eigenvalue weighted by atomic mass is 9.85. The van der Waals surface area contributed by atoms with Crippen LogP contribution in [0.15, 0.2) is 46.2 Å². The fourth-order valence-electron chi connectivity index (χ4n) is 5.67. The first-order valence-corrected chi connectivity index (χ1v) is 15.6. The number of nitrogens with one attached hydrogen (secondary N) is 2. The molecule has 4 heterocycles. The van der Waals surface area contributed by atoms with E-state index in [1.165, 1.54) is 34.8 Å². The lowest BCUT2D eigenvalue weighted by molar-refractivity contribution is -0.171. The summed E-state index contributed by atoms with van der Waals surface area (Å²) in [5.41, 5.74) is -0.212. The van der Waals surface area contributed by atoms with E-state index in [0.29, 0.717) is 47.6 Å². The van der Waals surface area contributed by atoms with Crippen LogP contribution in [0.5, 0.6) is 0 Å². The van der Waals surface area contributed by atoms with Gasteiger partial charge in [-0.2, -0.15) is 9.40 Å². The largest absolute Gasteiger partial charge is 0.458 e. The van der Waals surface area contributed by atoms with Gasteiger partial charge in [-0.3, -0.25) is 9.59 Å². The number of carbonyl (C=O) groups is 2. The third-order valence-corrected chi connectivity index (χ3v) is 9.77. The van der Waals surface area contributed by atoms with Crippen molar-refractivity contribution < 1.29 is 22.7 Å². The molecule has 2 atom stereocenters. The van der Waals surface area contributed by atoms with Crippen LogP contribution in [0.2, 0.25) is 5.02 Å². The molecule has 12 nitrogen and oxygen atoms in total. The zero-order chi connectivity index (χ0) is 30.4. The van der Waals surface area contributed by atoms with Crippen LogP contribution in [0, 0.1) is 5.92 Å². The van der Waals surface area contributed by atoms with E-state index in [1.54, 1.807) is 39.1 Å². The molecule has 2 unspecified atom stereocenters. The number of H-pyrrole nitrogens is 1. The minimum atomic E-state index is -4.19. The number of halogens is 1. The summed E-state index contributed by atoms with van der Waals surface area (Å²) in [6.45, 7) is 5.77. The van der Waals surface area contributed by atoms with Crippen LogP contribution < -0.4 is 10.9 Å². The lowest BCUT2D eigenvalue weighted by Gasteiger charge is -2.46. The number of sulfonamides is 1. The summed E-state index contributed by atoms with van der Waals surface area (Å²) in [5, 5.41) is 8.90. The van der Waals surface area contributed by atoms with E-state index in [-0.39, 0.29) is 22.9 Å². The van der Waals surface area contributed by atoms with Crippen molar-refractivity contribution in [2.45, 2.75) is 56.2 Å². The molecule has 0 bridgehead atoms. The van der Waals surface area contributed by atoms with Crippen LogP contribution in [-0.2, 0) is 31.4 Å². The quantitative estimate of drug-likeness (QED) is 0.400. The Morgan fingerprint density at radius 1 is 1.14 bits per heavy atom. The molecule has 14 heteroatoms. The van der Waals surface area contributed by atoms with Gasteiger partial charge in [-0.1, -0.05) is 11.6 Å². The van der Waals surface area contributed by atoms with Crippen molar-refractivity contribution in [3.8, 4) is 0 Å². The fraction of sp³-hybridized carbons (Fsp3) is 0.500. The summed E-state index contributed by atoms with van der Waals surface area (Å²) in [6, 6.07) is 5.53. The average molecular weight is 619 g/mol. The molecule has 2 saturated heterocycles. The Hall–Kier alpha value is -3.26. The summed E-state index contributed by atoms with van der Waals surface area (Å²) < 4.78 is 35.7. The monoisotopic (exact) mass is 618 g/mol. The predicted molar refractivity (Wildman–Crippen MR) is 156 cm³/mol. The first kappa shape index (κ1) is 30.2. The number of ether oxygens (including phenoxy) is 1. The number of aryl methyl sites for hydroxylation is 1. The summed E-state index contributed by atoms with van der Waals surface area (Å²) in [5.74, 6) is -1.36. The molecular weight excluding hydrogens is 584 g/mol. The lowest BCUT2D eigenvalue weighted by Crippen LogP contribution is -2.63. The van der Waals surface area contributed by atoms with Crippen LogP contribution in [0.1, 0.15) is 45.3 Å². The zero-order valence-electron chi connectivity index (χ0n) is 24.0. The number of amides is 1. The highest BCUT2D eigenvalue weighted by Gasteiger charge is 2.48. The summed E-state index contributed by atoms with van der Waals surface area (Å²) >= 11 is 6.17. The highest BCUT2D eigenvalue weighted by molar-refractivity contribution is 7.89. The number of piperazine rings is 1. The minimum Gasteiger partial charge on any atom is -0.458 e. The first-order valence-electron chi connectivity index (χ1n) is 13.8. The van der Waals surface area contributed by atoms with Gasteiger partial charge >= 0.3 is 5.97 Å². The van der Waals surface area contributed by atoms with Gasteiger partial charge in [0.1, 0.15) is 11.6 Å². The van der Waals surface area contributed by atoms with E-state index in [4.69, 9.17) is 16.3 Å². The molecule has 0 saturated carbocycles. The first-order chi connectivity index (χ1) is 19.8. The Morgan fingerprint density at radius 2 is 1.86 bits per heavy atom. The molecule has 0 spiro atoms. The van der Waals surface area contributed by atoms with Crippen molar-refractivity contribution in [1.82, 2.24) is 29.3 Å². The van der Waals surface area contributed by atoms with Gasteiger partial charge in [-0.15, -0.1) is 0 Å². The Labute approximate surface area is 249 Å². The third kappa shape index (κ3) is 5.96. The van der Waals surface area contributed by atoms with Crippen LogP contribution in [0.3, 0.4) is 0 Å². The van der Waals surface area contributed by atoms with E-state index >= 15 is 0 Å². The van der Waals surface area contributed by atoms with Crippen molar-refractivity contribution in [3.63, 3.8) is 0 Å². The number of hydrogen-bond acceptors (Lipinski definition) is 8. The van der Waals surface area contributed by atoms with E-state index < -0.39 is 46.1 Å². The average Bonchev–Trinajstić information content (AvgIpc) is 3.31. The van der Waals surface area contributed by atoms with Crippen molar-refractivity contribution in [2.75, 3.05) is 26.2 Å². The topological polar surface area (TPSA) is 147 Å². The summed E-state index contributed by atoms with van der Waals surface area (Å²) in [7, 11) is -2.67. The Morgan fingerprint density at radius 3 is 2.52 bits per heavy atom. The van der Waals surface area contributed by atoms with Crippen molar-refractivity contribution in [2.24, 2.45) is 13.0 Å². The number of benzene rings is 1. The molecule has 0 radical (unpaired) electrons. The number of rotatable bonds is 6. The second kappa shape index (κ2) is 11.4. The molecule has 2 aromatic heterocycles. The van der Waals surface area contributed by atoms with Crippen molar-refractivity contribution in [3.05, 3.63) is 57.6 Å². The van der Waals surface area contributed by atoms with Crippen LogP contribution >= 0.6 is 11.6 Å². The second-order valence-corrected chi connectivity index (χ2v) is 14.1. The number of esters is 1. The van der Waals surface area contributed by atoms with Crippen LogP contribution in [0.4, 0.5) is 0 Å². The Kier molecular flexibility index (Phi) is 8.23. The molecule has 2 aliphatic heterocycles. The molecule has 42 heavy (non-hydrogen) atoms. The van der Waals surface area contributed by atoms with Gasteiger partial charge in [-0.05, 0) is 76.9 Å². The van der Waals surface area contributed by atoms with E-state index in [2.05, 4.69) is 15.4 Å². The summed E-state index contributed by atoms with van der Waals surface area (Å²) in [6.07, 6.45) is 2.96. The second-order valence-electron chi connectivity index (χ2n) is 11.7. The van der Waals surface area contributed by atoms with Gasteiger partial charge in [-0.25, -0.2) is 17.9 Å². The van der Waals surface area contributed by atoms with Crippen molar-refractivity contribution in [1.29, 1.82) is 0 Å². The van der Waals surface area contributed by atoms with Gasteiger partial charge in [0.2, 0.25) is 15.9 Å². The minimum absolute atomic E-state index is 0.0349. The standard InChI is InChI=1S/C28H35ClN6O6S/c1-28(2,3)41-27(38)23-15-34(42(39,40)18-5-6-19-20(29)14-31-22(19)13-18)16-25(37)35(23)26(17-9-11-30-12-10-17)21-7-8-24(36)33(4)32-21/h5-8,13-14,17,23,26,30-31H,9-12,15-16H2,1-4H3. The normalized spacial score (nSPS) is 20.2. The van der Waals surface area contributed by atoms with E-state index in [0.717, 1.165) is 4.31 Å². The highest BCUT2D eigenvalue weighted by Crippen LogP contribution is 2.38. The Balaban J connectivity index is 1.57. The maximum atomic E-state index is 14.1. The number of aromatic amines is 1. The van der Waals surface area contributed by atoms with Crippen molar-refractivity contribution >= 4 is 44.4 Å². The molecule has 2 aliphatic rings. The number of nitrogens with zero attached hydrogens (tertiary/aromatic N) is 4. The fourth-order valence-corrected chi connectivity index (χ4v) is 7.31. The smallest absolute Gasteiger partial charge is 0.330 e. The molecule has 226 valence electrons. The number of hydrogen-bond donors (Lipinski definition) is 2. The van der Waals surface area contributed by atoms with Gasteiger partial charge in [0.25, 0.3) is 5.56 Å². The molecule has 2 fully saturated rings. The van der Waals surface area contributed by atoms with E-state index in [9.17, 15) is 22.8 Å². The molecule has 2 N–H and O–H groups in total. The Bertz CT molecular complexity index is 1670. The molecule has 3 aromatic rings. The van der Waals surface area contributed by atoms with E-state index in [1.807, 2.05) is 0 Å². The molecule has 5 rings (SSSR count). The van der Waals surface area contributed by atoms with Gasteiger partial charge < -0.3 is 19.9 Å². The number of carbonyl (C=O) groups excluding carboxylic acids is 2. The SMILES string of the molecule is Cn1nc(C(C2CCNCC2)N2C(=O)CN(S(=O)(=O)c3ccc4c(Cl)c[nH]c4c3)CC2C(=O)OC(C)(C)C)ccc1=O. The highest BCUT2D eigenvalue weighted by atomic mass is 35.5. The molecule has 1 amide bonds. The maximum Gasteiger partial charge on any atom is 0.330 e. The van der Waals surface area contributed by atoms with Gasteiger partial charge in [0, 0.05) is 36.8 Å². The third-order valence-electron chi connectivity index (χ3n) is 7.65. The van der Waals surface area contributed by atoms with Crippen LogP contribution in [0.25, 0.3) is 10.9 Å². The zero-order valence-corrected chi connectivity index (χ0v) is 25.5. The number of aromatic nitrogens is 3. The number of piperidine rings is 1. The van der Waals surface area contributed by atoms with Gasteiger partial charge in [0.05, 0.1) is 28.2 Å². The maximum absolute atomic E-state index is 14.1. The molecule has 1 aromatic carbocycles. The molecular formula is C28H35ClN6O6S. The molecule has 0 aliphatic carbocycles. The summed E-state index contributed by atoms with van der Waals surface area (Å²) in [4.78, 5) is 44.3. The predicted octanol–water partition coefficient (Wildman–Crippen LogP) is 2.20. The van der Waals surface area contributed by atoms with Gasteiger partial charge in [0.15, 0.2) is 0 Å². The van der Waals surface area contributed by atoms with Crippen LogP contribution in [-0.4, -0.2) is 82.1 Å².